The van der Waals surface area contributed by atoms with Crippen LogP contribution in [0, 0.1) is 6.92 Å². The van der Waals surface area contributed by atoms with Gasteiger partial charge in [-0.2, -0.15) is 13.2 Å². The van der Waals surface area contributed by atoms with Gasteiger partial charge in [0.15, 0.2) is 0 Å². The maximum Gasteiger partial charge on any atom is 0.446 e. The average molecular weight is 446 g/mol. The number of carbonyl (C=O) groups excluding carboxylic acids is 2. The van der Waals surface area contributed by atoms with E-state index in [9.17, 15) is 22.8 Å². The Morgan fingerprint density at radius 1 is 0.806 bits per heavy atom. The van der Waals surface area contributed by atoms with E-state index in [0.29, 0.717) is 22.7 Å². The molecule has 0 saturated heterocycles. The molecule has 0 saturated carbocycles. The summed E-state index contributed by atoms with van der Waals surface area (Å²) in [5.41, 5.74) is -2.25. The van der Waals surface area contributed by atoms with Gasteiger partial charge in [-0.3, -0.25) is 0 Å². The molecule has 9 heteroatoms. The number of esters is 1. The fraction of sp³-hybridized carbons (Fsp3) is 0.0909. The molecule has 2 amide bonds. The van der Waals surface area contributed by atoms with Crippen LogP contribution in [0.4, 0.5) is 29.3 Å². The minimum atomic E-state index is -4.37. The predicted molar refractivity (Wildman–Crippen MR) is 114 cm³/mol. The highest BCUT2D eigenvalue weighted by atomic mass is 32.2. The van der Waals surface area contributed by atoms with Crippen molar-refractivity contribution in [3.63, 3.8) is 0 Å². The van der Waals surface area contributed by atoms with Crippen molar-refractivity contribution in [1.29, 1.82) is 0 Å². The van der Waals surface area contributed by atoms with E-state index in [1.54, 1.807) is 12.1 Å². The molecule has 0 aliphatic rings. The molecule has 2 N–H and O–H groups in total. The molecule has 0 heterocycles. The first kappa shape index (κ1) is 22.2. The van der Waals surface area contributed by atoms with Crippen molar-refractivity contribution >= 4 is 35.1 Å². The van der Waals surface area contributed by atoms with Crippen LogP contribution in [-0.2, 0) is 0 Å². The number of urea groups is 1. The maximum atomic E-state index is 12.4. The van der Waals surface area contributed by atoms with Crippen molar-refractivity contribution in [2.75, 3.05) is 10.6 Å². The smallest absolute Gasteiger partial charge is 0.423 e. The summed E-state index contributed by atoms with van der Waals surface area (Å²) in [6.07, 6.45) is 0. The quantitative estimate of drug-likeness (QED) is 0.268. The normalized spacial score (nSPS) is 11.0. The minimum absolute atomic E-state index is 0.0200. The maximum absolute atomic E-state index is 12.4. The molecule has 0 radical (unpaired) electrons. The lowest BCUT2D eigenvalue weighted by Gasteiger charge is -2.10. The van der Waals surface area contributed by atoms with Gasteiger partial charge in [0.05, 0.1) is 5.56 Å². The van der Waals surface area contributed by atoms with Gasteiger partial charge in [-0.1, -0.05) is 17.7 Å². The number of hydrogen-bond acceptors (Lipinski definition) is 4. The van der Waals surface area contributed by atoms with Gasteiger partial charge < -0.3 is 15.4 Å². The van der Waals surface area contributed by atoms with Gasteiger partial charge in [-0.15, -0.1) is 0 Å². The molecule has 0 aromatic heterocycles. The number of thioether (sulfide) groups is 1. The fourth-order valence-electron chi connectivity index (χ4n) is 2.50. The number of benzene rings is 3. The van der Waals surface area contributed by atoms with Crippen molar-refractivity contribution in [3.05, 3.63) is 83.9 Å². The molecular weight excluding hydrogens is 429 g/mol. The standard InChI is InChI=1S/C22H17F3N2O3S/c1-14-2-10-18(11-3-14)30-20(28)15-4-6-16(7-5-15)26-21(29)27-17-8-12-19(13-9-17)31-22(23,24)25/h2-13H,1H3,(H2,26,27,29). The van der Waals surface area contributed by atoms with Crippen LogP contribution in [0.15, 0.2) is 77.7 Å². The topological polar surface area (TPSA) is 67.4 Å². The second-order valence-corrected chi connectivity index (χ2v) is 7.57. The summed E-state index contributed by atoms with van der Waals surface area (Å²) in [5, 5.41) is 5.10. The number of aryl methyl sites for hydroxylation is 1. The zero-order valence-electron chi connectivity index (χ0n) is 16.2. The Kier molecular flexibility index (Phi) is 6.86. The number of anilines is 2. The van der Waals surface area contributed by atoms with Crippen LogP contribution in [0.1, 0.15) is 15.9 Å². The highest BCUT2D eigenvalue weighted by molar-refractivity contribution is 8.00. The number of rotatable bonds is 5. The largest absolute Gasteiger partial charge is 0.446 e. The fourth-order valence-corrected chi connectivity index (χ4v) is 3.03. The summed E-state index contributed by atoms with van der Waals surface area (Å²) < 4.78 is 42.3. The Morgan fingerprint density at radius 2 is 1.32 bits per heavy atom. The molecule has 0 fully saturated rings. The van der Waals surface area contributed by atoms with Crippen LogP contribution in [0.5, 0.6) is 5.75 Å². The number of alkyl halides is 3. The third-order valence-corrected chi connectivity index (χ3v) is 4.70. The molecule has 0 spiro atoms. The molecule has 3 aromatic rings. The Balaban J connectivity index is 1.53. The van der Waals surface area contributed by atoms with Crippen molar-refractivity contribution in [2.24, 2.45) is 0 Å². The average Bonchev–Trinajstić information content (AvgIpc) is 2.70. The molecule has 0 aliphatic carbocycles. The predicted octanol–water partition coefficient (Wildman–Crippen LogP) is 6.47. The van der Waals surface area contributed by atoms with Crippen molar-refractivity contribution < 1.29 is 27.5 Å². The highest BCUT2D eigenvalue weighted by Gasteiger charge is 2.29. The van der Waals surface area contributed by atoms with E-state index in [1.807, 2.05) is 19.1 Å². The molecule has 5 nitrogen and oxygen atoms in total. The van der Waals surface area contributed by atoms with Crippen molar-refractivity contribution in [2.45, 2.75) is 17.3 Å². The van der Waals surface area contributed by atoms with Gasteiger partial charge in [0, 0.05) is 16.3 Å². The van der Waals surface area contributed by atoms with Gasteiger partial charge in [0.25, 0.3) is 0 Å². The first-order chi connectivity index (χ1) is 14.7. The zero-order chi connectivity index (χ0) is 22.4. The van der Waals surface area contributed by atoms with Crippen LogP contribution < -0.4 is 15.4 Å². The first-order valence-corrected chi connectivity index (χ1v) is 9.82. The number of amides is 2. The SMILES string of the molecule is Cc1ccc(OC(=O)c2ccc(NC(=O)Nc3ccc(SC(F)(F)F)cc3)cc2)cc1. The van der Waals surface area contributed by atoms with Gasteiger partial charge in [-0.25, -0.2) is 9.59 Å². The van der Waals surface area contributed by atoms with E-state index in [2.05, 4.69) is 10.6 Å². The number of nitrogens with one attached hydrogen (secondary N) is 2. The summed E-state index contributed by atoms with van der Waals surface area (Å²) in [6.45, 7) is 1.93. The third-order valence-electron chi connectivity index (χ3n) is 3.96. The Bertz CT molecular complexity index is 1050. The molecular formula is C22H17F3N2O3S. The van der Waals surface area contributed by atoms with Crippen LogP contribution in [0.3, 0.4) is 0 Å². The molecule has 3 rings (SSSR count). The van der Waals surface area contributed by atoms with E-state index in [1.165, 1.54) is 48.5 Å². The lowest BCUT2D eigenvalue weighted by atomic mass is 10.2. The molecule has 31 heavy (non-hydrogen) atoms. The van der Waals surface area contributed by atoms with Gasteiger partial charge >= 0.3 is 17.5 Å². The molecule has 0 unspecified atom stereocenters. The van der Waals surface area contributed by atoms with Crippen LogP contribution in [0.25, 0.3) is 0 Å². The zero-order valence-corrected chi connectivity index (χ0v) is 17.0. The Labute approximate surface area is 180 Å². The van der Waals surface area contributed by atoms with Gasteiger partial charge in [0.2, 0.25) is 0 Å². The monoisotopic (exact) mass is 446 g/mol. The third kappa shape index (κ3) is 7.07. The summed E-state index contributed by atoms with van der Waals surface area (Å²) in [5.74, 6) is -0.103. The van der Waals surface area contributed by atoms with Gasteiger partial charge in [-0.05, 0) is 79.3 Å². The number of halogens is 3. The molecule has 3 aromatic carbocycles. The van der Waals surface area contributed by atoms with E-state index in [-0.39, 0.29) is 16.7 Å². The lowest BCUT2D eigenvalue weighted by Crippen LogP contribution is -2.19. The minimum Gasteiger partial charge on any atom is -0.423 e. The van der Waals surface area contributed by atoms with Crippen LogP contribution in [0.2, 0.25) is 0 Å². The first-order valence-electron chi connectivity index (χ1n) is 9.01. The van der Waals surface area contributed by atoms with Crippen LogP contribution in [-0.4, -0.2) is 17.5 Å². The summed E-state index contributed by atoms with van der Waals surface area (Å²) in [4.78, 5) is 24.3. The molecule has 0 aliphatic heterocycles. The molecule has 0 bridgehead atoms. The summed E-state index contributed by atoms with van der Waals surface area (Å²) in [7, 11) is 0. The number of ether oxygens (including phenoxy) is 1. The van der Waals surface area contributed by atoms with E-state index < -0.39 is 17.5 Å². The molecule has 0 atom stereocenters. The van der Waals surface area contributed by atoms with E-state index in [4.69, 9.17) is 4.74 Å². The summed E-state index contributed by atoms with van der Waals surface area (Å²) >= 11 is -0.231. The van der Waals surface area contributed by atoms with Crippen LogP contribution >= 0.6 is 11.8 Å². The van der Waals surface area contributed by atoms with Crippen molar-refractivity contribution in [3.8, 4) is 5.75 Å². The number of carbonyl (C=O) groups is 2. The Hall–Kier alpha value is -3.46. The van der Waals surface area contributed by atoms with Gasteiger partial charge in [0.1, 0.15) is 5.75 Å². The highest BCUT2D eigenvalue weighted by Crippen LogP contribution is 2.37. The van der Waals surface area contributed by atoms with E-state index >= 15 is 0 Å². The second-order valence-electron chi connectivity index (χ2n) is 6.43. The number of hydrogen-bond donors (Lipinski definition) is 2. The summed E-state index contributed by atoms with van der Waals surface area (Å²) in [6, 6.07) is 17.8. The molecule has 160 valence electrons. The lowest BCUT2D eigenvalue weighted by molar-refractivity contribution is -0.0328. The van der Waals surface area contributed by atoms with Crippen molar-refractivity contribution in [1.82, 2.24) is 0 Å². The van der Waals surface area contributed by atoms with E-state index in [0.717, 1.165) is 5.56 Å². The Morgan fingerprint density at radius 3 is 1.84 bits per heavy atom. The second kappa shape index (κ2) is 9.57.